The van der Waals surface area contributed by atoms with Crippen LogP contribution < -0.4 is 11.1 Å². The maximum Gasteiger partial charge on any atom is 0.410 e. The largest absolute Gasteiger partial charge is 0.480 e. The molecular weight excluding hydrogens is 418 g/mol. The molecule has 176 valence electrons. The van der Waals surface area contributed by atoms with Crippen molar-refractivity contribution in [3.05, 3.63) is 12.4 Å². The number of rotatable bonds is 7. The fourth-order valence-electron chi connectivity index (χ4n) is 4.50. The average molecular weight is 450 g/mol. The van der Waals surface area contributed by atoms with E-state index in [1.165, 1.54) is 4.90 Å². The fourth-order valence-corrected chi connectivity index (χ4v) is 4.50. The number of likely N-dealkylation sites (tertiary alicyclic amines) is 1. The van der Waals surface area contributed by atoms with Gasteiger partial charge in [0, 0.05) is 39.3 Å². The highest BCUT2D eigenvalue weighted by Crippen LogP contribution is 2.32. The van der Waals surface area contributed by atoms with Crippen LogP contribution in [-0.4, -0.2) is 88.7 Å². The summed E-state index contributed by atoms with van der Waals surface area (Å²) in [4.78, 5) is 53.2. The van der Waals surface area contributed by atoms with Gasteiger partial charge in [0.05, 0.1) is 5.92 Å². The van der Waals surface area contributed by atoms with Gasteiger partial charge in [-0.25, -0.2) is 19.3 Å². The number of piperazine rings is 1. The number of carbonyl (C=O) groups excluding carboxylic acids is 3. The first-order chi connectivity index (χ1) is 15.3. The monoisotopic (exact) mass is 449 g/mol. The number of urea groups is 1. The molecule has 0 aromatic heterocycles. The highest BCUT2D eigenvalue weighted by molar-refractivity contribution is 6.07. The minimum atomic E-state index is -1.22. The molecule has 2 atom stereocenters. The summed E-state index contributed by atoms with van der Waals surface area (Å²) in [5.74, 6) is -2.71. The van der Waals surface area contributed by atoms with E-state index in [2.05, 4.69) is 5.32 Å². The van der Waals surface area contributed by atoms with Crippen molar-refractivity contribution in [1.29, 1.82) is 0 Å². The van der Waals surface area contributed by atoms with Gasteiger partial charge in [-0.3, -0.25) is 4.79 Å². The molecule has 2 saturated heterocycles. The highest BCUT2D eigenvalue weighted by Gasteiger charge is 2.55. The van der Waals surface area contributed by atoms with Crippen LogP contribution in [0, 0.1) is 12.5 Å². The van der Waals surface area contributed by atoms with Crippen molar-refractivity contribution in [2.75, 3.05) is 32.7 Å². The molecule has 2 aliphatic heterocycles. The molecule has 0 aromatic carbocycles. The summed E-state index contributed by atoms with van der Waals surface area (Å²) in [7, 11) is 0. The van der Waals surface area contributed by atoms with Crippen LogP contribution in [-0.2, 0) is 14.3 Å². The fraction of sp³-hybridized carbons (Fsp3) is 0.714. The van der Waals surface area contributed by atoms with Gasteiger partial charge in [-0.15, -0.1) is 0 Å². The Kier molecular flexibility index (Phi) is 7.81. The predicted molar refractivity (Wildman–Crippen MR) is 112 cm³/mol. The molecule has 3 aliphatic rings. The van der Waals surface area contributed by atoms with Crippen molar-refractivity contribution in [1.82, 2.24) is 20.0 Å². The molecular formula is C21H31N5O6. The predicted octanol–water partition coefficient (Wildman–Crippen LogP) is 0.585. The maximum absolute atomic E-state index is 12.8. The first kappa shape index (κ1) is 23.7. The van der Waals surface area contributed by atoms with Gasteiger partial charge in [0.1, 0.15) is 11.9 Å². The summed E-state index contributed by atoms with van der Waals surface area (Å²) < 4.78 is 5.56. The molecule has 0 spiro atoms. The number of amides is 4. The van der Waals surface area contributed by atoms with Gasteiger partial charge in [0.2, 0.25) is 5.91 Å². The van der Waals surface area contributed by atoms with Crippen LogP contribution in [0.5, 0.6) is 0 Å². The Morgan fingerprint density at radius 1 is 1.09 bits per heavy atom. The van der Waals surface area contributed by atoms with E-state index in [-0.39, 0.29) is 50.6 Å². The third kappa shape index (κ3) is 5.43. The van der Waals surface area contributed by atoms with E-state index >= 15 is 0 Å². The summed E-state index contributed by atoms with van der Waals surface area (Å²) in [5, 5.41) is 12.2. The summed E-state index contributed by atoms with van der Waals surface area (Å²) in [6.45, 7) is 8.42. The highest BCUT2D eigenvalue weighted by atomic mass is 16.6. The number of nitrogens with two attached hydrogens (primary N) is 1. The zero-order valence-corrected chi connectivity index (χ0v) is 18.1. The normalized spacial score (nSPS) is 24.0. The number of ether oxygens (including phenoxy) is 1. The Hall–Kier alpha value is -2.98. The number of carboxylic acids is 1. The Labute approximate surface area is 187 Å². The van der Waals surface area contributed by atoms with E-state index in [1.807, 2.05) is 0 Å². The van der Waals surface area contributed by atoms with Gasteiger partial charge < -0.3 is 30.7 Å². The molecule has 32 heavy (non-hydrogen) atoms. The Morgan fingerprint density at radius 2 is 1.72 bits per heavy atom. The van der Waals surface area contributed by atoms with Gasteiger partial charge in [0.15, 0.2) is 6.04 Å². The average Bonchev–Trinajstić information content (AvgIpc) is 2.77. The molecule has 1 saturated carbocycles. The molecule has 1 aliphatic carbocycles. The Balaban J connectivity index is 1.48. The molecule has 0 aromatic rings. The Morgan fingerprint density at radius 3 is 2.31 bits per heavy atom. The number of imide groups is 1. The molecule has 1 unspecified atom stereocenters. The van der Waals surface area contributed by atoms with Crippen LogP contribution >= 0.6 is 0 Å². The molecule has 11 nitrogen and oxygen atoms in total. The van der Waals surface area contributed by atoms with Gasteiger partial charge in [-0.05, 0) is 38.5 Å². The van der Waals surface area contributed by atoms with Crippen molar-refractivity contribution >= 4 is 24.0 Å². The standard InChI is InChI=1S/C21H31N5O6/c1-14(22)23-9-5-8-16-17(19(28)29)26(18(16)27)20(30)24-10-12-25(13-11-24)21(31)32-15-6-3-2-4-7-15/h15-17,23H,2-13,22H2,(H,28,29)/t16-,17?/m1/s1. The summed E-state index contributed by atoms with van der Waals surface area (Å²) in [6, 6.07) is -1.84. The van der Waals surface area contributed by atoms with Crippen molar-refractivity contribution in [2.45, 2.75) is 57.1 Å². The second kappa shape index (κ2) is 10.6. The van der Waals surface area contributed by atoms with Crippen molar-refractivity contribution in [3.63, 3.8) is 0 Å². The number of nitrogens with one attached hydrogen (secondary N) is 1. The number of nitrogens with zero attached hydrogens (tertiary/aromatic N) is 3. The number of hydrogen-bond donors (Lipinski definition) is 3. The van der Waals surface area contributed by atoms with Crippen molar-refractivity contribution in [2.24, 2.45) is 11.7 Å². The van der Waals surface area contributed by atoms with Gasteiger partial charge in [0.25, 0.3) is 0 Å². The zero-order chi connectivity index (χ0) is 23.3. The third-order valence-corrected chi connectivity index (χ3v) is 6.31. The van der Waals surface area contributed by atoms with E-state index in [1.54, 1.807) is 4.90 Å². The molecule has 3 fully saturated rings. The van der Waals surface area contributed by atoms with E-state index < -0.39 is 29.9 Å². The van der Waals surface area contributed by atoms with E-state index in [9.17, 15) is 24.3 Å². The van der Waals surface area contributed by atoms with Gasteiger partial charge >= 0.3 is 18.1 Å². The van der Waals surface area contributed by atoms with Gasteiger partial charge in [-0.2, -0.15) is 0 Å². The van der Waals surface area contributed by atoms with Crippen LogP contribution in [0.25, 0.3) is 0 Å². The van der Waals surface area contributed by atoms with E-state index in [0.29, 0.717) is 13.0 Å². The lowest BCUT2D eigenvalue weighted by Gasteiger charge is -2.46. The number of aliphatic carboxylic acids is 1. The van der Waals surface area contributed by atoms with E-state index in [4.69, 9.17) is 17.0 Å². The van der Waals surface area contributed by atoms with Crippen LogP contribution in [0.3, 0.4) is 0 Å². The lowest BCUT2D eigenvalue weighted by Crippen LogP contribution is -2.69. The lowest BCUT2D eigenvalue weighted by atomic mass is 9.83. The van der Waals surface area contributed by atoms with Crippen LogP contribution in [0.1, 0.15) is 44.9 Å². The quantitative estimate of drug-likeness (QED) is 0.378. The smallest absolute Gasteiger partial charge is 0.410 e. The van der Waals surface area contributed by atoms with Crippen LogP contribution in [0.4, 0.5) is 9.59 Å². The van der Waals surface area contributed by atoms with E-state index in [0.717, 1.165) is 37.0 Å². The van der Waals surface area contributed by atoms with Crippen molar-refractivity contribution < 1.29 is 29.0 Å². The van der Waals surface area contributed by atoms with Crippen LogP contribution in [0.2, 0.25) is 0 Å². The summed E-state index contributed by atoms with van der Waals surface area (Å²) in [6.07, 6.45) is 5.34. The topological polar surface area (TPSA) is 146 Å². The summed E-state index contributed by atoms with van der Waals surface area (Å²) in [5.41, 5.74) is 5.20. The minimum Gasteiger partial charge on any atom is -0.480 e. The number of hydrogen-bond acceptors (Lipinski definition) is 7. The molecule has 0 bridgehead atoms. The third-order valence-electron chi connectivity index (χ3n) is 6.31. The number of β-lactam (4-membered cyclic amide) rings is 1. The minimum absolute atomic E-state index is 0.0477. The zero-order valence-electron chi connectivity index (χ0n) is 18.1. The first-order valence-electron chi connectivity index (χ1n) is 11.2. The number of carboxylic acid groups (broad SMARTS) is 1. The molecule has 2 radical (unpaired) electrons. The second-order valence-electron chi connectivity index (χ2n) is 8.48. The molecule has 4 amide bonds. The second-order valence-corrected chi connectivity index (χ2v) is 8.48. The van der Waals surface area contributed by atoms with Crippen molar-refractivity contribution in [3.8, 4) is 0 Å². The lowest BCUT2D eigenvalue weighted by molar-refractivity contribution is -0.167. The Bertz CT molecular complexity index is 745. The maximum atomic E-state index is 12.8. The molecule has 11 heteroatoms. The molecule has 4 N–H and O–H groups in total. The summed E-state index contributed by atoms with van der Waals surface area (Å²) >= 11 is 0. The van der Waals surface area contributed by atoms with Crippen LogP contribution in [0.15, 0.2) is 5.82 Å². The SMILES string of the molecule is [C]=C(N)NCCC[C@H]1C(=O)N(C(=O)N2CCN(C(=O)OC3CCCCC3)CC2)C1C(=O)O. The first-order valence-corrected chi connectivity index (χ1v) is 11.2. The number of carbonyl (C=O) groups is 4. The molecule has 2 heterocycles. The molecule has 3 rings (SSSR count). The van der Waals surface area contributed by atoms with Gasteiger partial charge in [-0.1, -0.05) is 6.42 Å².